The van der Waals surface area contributed by atoms with Gasteiger partial charge in [-0.2, -0.15) is 23.8 Å². The monoisotopic (exact) mass is 431 g/mol. The Balaban J connectivity index is 0.00000200. The maximum Gasteiger partial charge on any atom is 0.312 e. The quantitative estimate of drug-likeness (QED) is 0.693. The molecule has 104 valence electrons. The molecule has 3 nitrogen and oxygen atoms in total. The minimum absolute atomic E-state index is 0. The molecule has 0 unspecified atom stereocenters. The number of anilines is 2. The Morgan fingerprint density at radius 3 is 2.10 bits per heavy atom. The summed E-state index contributed by atoms with van der Waals surface area (Å²) in [5.74, 6) is 0. The summed E-state index contributed by atoms with van der Waals surface area (Å²) >= 11 is 0. The van der Waals surface area contributed by atoms with Crippen molar-refractivity contribution >= 4 is 17.4 Å². The van der Waals surface area contributed by atoms with Gasteiger partial charge in [-0.1, -0.05) is 18.7 Å². The molecule has 2 radical (unpaired) electrons. The molecule has 5 heteroatoms. The molecule has 0 aliphatic heterocycles. The average molecular weight is 431 g/mol. The number of aryl methyl sites for hydroxylation is 3. The van der Waals surface area contributed by atoms with E-state index in [1.807, 2.05) is 51.1 Å². The second kappa shape index (κ2) is 9.84. The smallest absolute Gasteiger partial charge is 0.312 e. The standard InChI is InChI=1S/C16H17N2O.2Y/c1-11-4-7-14(8-5-11)17-16(19)18-15-9-6-12(2)13(3)10-15;;/h4,6-10H,1-3H3,(H2,17,18,19);;/q-1;;. The molecule has 2 N–H and O–H groups in total. The van der Waals surface area contributed by atoms with Crippen LogP contribution in [0.3, 0.4) is 0 Å². The number of hydrogen-bond acceptors (Lipinski definition) is 1. The summed E-state index contributed by atoms with van der Waals surface area (Å²) in [4.78, 5) is 11.8. The van der Waals surface area contributed by atoms with Crippen LogP contribution in [0.25, 0.3) is 0 Å². The SMILES string of the molecule is Cc1[c-]cc(NC(=O)Nc2ccc(C)c(C)c2)cc1.[Y].[Y]. The van der Waals surface area contributed by atoms with Crippen LogP contribution in [0.1, 0.15) is 16.7 Å². The number of benzene rings is 2. The Morgan fingerprint density at radius 1 is 0.905 bits per heavy atom. The van der Waals surface area contributed by atoms with Crippen molar-refractivity contribution in [3.05, 3.63) is 59.2 Å². The number of nitrogens with one attached hydrogen (secondary N) is 2. The van der Waals surface area contributed by atoms with Gasteiger partial charge in [0.2, 0.25) is 0 Å². The summed E-state index contributed by atoms with van der Waals surface area (Å²) in [5, 5.41) is 5.58. The summed E-state index contributed by atoms with van der Waals surface area (Å²) < 4.78 is 0. The molecular weight excluding hydrogens is 414 g/mol. The minimum atomic E-state index is -0.250. The van der Waals surface area contributed by atoms with Crippen LogP contribution in [0, 0.1) is 26.8 Å². The number of amides is 2. The van der Waals surface area contributed by atoms with Crippen molar-refractivity contribution in [1.82, 2.24) is 0 Å². The van der Waals surface area contributed by atoms with E-state index >= 15 is 0 Å². The van der Waals surface area contributed by atoms with Gasteiger partial charge >= 0.3 is 6.03 Å². The summed E-state index contributed by atoms with van der Waals surface area (Å²) in [5.41, 5.74) is 4.92. The minimum Gasteiger partial charge on any atom is -0.361 e. The molecular formula is C16H17N2OY2-. The summed E-state index contributed by atoms with van der Waals surface area (Å²) in [6, 6.07) is 14.2. The molecule has 0 spiro atoms. The van der Waals surface area contributed by atoms with Gasteiger partial charge in [0.1, 0.15) is 0 Å². The van der Waals surface area contributed by atoms with E-state index < -0.39 is 0 Å². The molecule has 0 bridgehead atoms. The summed E-state index contributed by atoms with van der Waals surface area (Å²) in [7, 11) is 0. The first-order chi connectivity index (χ1) is 9.04. The first-order valence-electron chi connectivity index (χ1n) is 6.18. The summed E-state index contributed by atoms with van der Waals surface area (Å²) in [6.07, 6.45) is 0. The van der Waals surface area contributed by atoms with Crippen LogP contribution >= 0.6 is 0 Å². The van der Waals surface area contributed by atoms with Gasteiger partial charge in [0, 0.05) is 71.1 Å². The third kappa shape index (κ3) is 6.69. The van der Waals surface area contributed by atoms with Gasteiger partial charge in [-0.05, 0) is 37.1 Å². The molecule has 2 aromatic carbocycles. The average Bonchev–Trinajstić information content (AvgIpc) is 2.37. The second-order valence-electron chi connectivity index (χ2n) is 4.64. The van der Waals surface area contributed by atoms with E-state index in [0.29, 0.717) is 0 Å². The van der Waals surface area contributed by atoms with Crippen molar-refractivity contribution in [2.24, 2.45) is 0 Å². The van der Waals surface area contributed by atoms with E-state index in [9.17, 15) is 4.79 Å². The van der Waals surface area contributed by atoms with Crippen LogP contribution in [0.5, 0.6) is 0 Å². The van der Waals surface area contributed by atoms with Crippen molar-refractivity contribution < 1.29 is 70.2 Å². The fourth-order valence-corrected chi connectivity index (χ4v) is 1.69. The number of rotatable bonds is 2. The number of hydrogen-bond donors (Lipinski definition) is 2. The van der Waals surface area contributed by atoms with Crippen LogP contribution in [-0.2, 0) is 65.4 Å². The zero-order chi connectivity index (χ0) is 13.8. The van der Waals surface area contributed by atoms with Gasteiger partial charge < -0.3 is 10.6 Å². The molecule has 0 aromatic heterocycles. The molecule has 0 aliphatic carbocycles. The van der Waals surface area contributed by atoms with Crippen LogP contribution in [0.15, 0.2) is 36.4 Å². The molecule has 0 atom stereocenters. The maximum atomic E-state index is 11.8. The number of carbonyl (C=O) groups excluding carboxylic acids is 1. The van der Waals surface area contributed by atoms with Crippen molar-refractivity contribution in [3.63, 3.8) is 0 Å². The first kappa shape index (κ1) is 20.9. The van der Waals surface area contributed by atoms with Crippen LogP contribution in [-0.4, -0.2) is 6.03 Å². The third-order valence-electron chi connectivity index (χ3n) is 2.99. The zero-order valence-electron chi connectivity index (χ0n) is 12.5. The normalized spacial score (nSPS) is 9.10. The molecule has 2 amide bonds. The van der Waals surface area contributed by atoms with Crippen molar-refractivity contribution in [3.8, 4) is 0 Å². The largest absolute Gasteiger partial charge is 0.361 e. The Morgan fingerprint density at radius 2 is 1.52 bits per heavy atom. The van der Waals surface area contributed by atoms with Gasteiger partial charge in [0.25, 0.3) is 0 Å². The fraction of sp³-hybridized carbons (Fsp3) is 0.188. The Labute approximate surface area is 176 Å². The maximum absolute atomic E-state index is 11.8. The van der Waals surface area contributed by atoms with E-state index in [1.54, 1.807) is 6.07 Å². The second-order valence-corrected chi connectivity index (χ2v) is 4.64. The van der Waals surface area contributed by atoms with E-state index in [0.717, 1.165) is 22.5 Å². The van der Waals surface area contributed by atoms with Gasteiger partial charge in [0.05, 0.1) is 0 Å². The molecule has 0 heterocycles. The Hall–Kier alpha value is -0.0822. The molecule has 2 rings (SSSR count). The number of carbonyl (C=O) groups is 1. The molecule has 0 saturated heterocycles. The van der Waals surface area contributed by atoms with Crippen molar-refractivity contribution in [2.75, 3.05) is 10.6 Å². The third-order valence-corrected chi connectivity index (χ3v) is 2.99. The predicted octanol–water partition coefficient (Wildman–Crippen LogP) is 4.05. The fourth-order valence-electron chi connectivity index (χ4n) is 1.69. The van der Waals surface area contributed by atoms with Gasteiger partial charge in [0.15, 0.2) is 0 Å². The summed E-state index contributed by atoms with van der Waals surface area (Å²) in [6.45, 7) is 6.02. The van der Waals surface area contributed by atoms with E-state index in [1.165, 1.54) is 5.56 Å². The molecule has 2 aromatic rings. The molecule has 0 aliphatic rings. The zero-order valence-corrected chi connectivity index (χ0v) is 18.2. The van der Waals surface area contributed by atoms with E-state index in [2.05, 4.69) is 16.7 Å². The van der Waals surface area contributed by atoms with Gasteiger partial charge in [-0.3, -0.25) is 0 Å². The van der Waals surface area contributed by atoms with Crippen LogP contribution in [0.2, 0.25) is 0 Å². The molecule has 0 saturated carbocycles. The first-order valence-corrected chi connectivity index (χ1v) is 6.18. The van der Waals surface area contributed by atoms with E-state index in [4.69, 9.17) is 0 Å². The topological polar surface area (TPSA) is 41.1 Å². The molecule has 0 fully saturated rings. The van der Waals surface area contributed by atoms with Crippen molar-refractivity contribution in [1.29, 1.82) is 0 Å². The van der Waals surface area contributed by atoms with Crippen LogP contribution < -0.4 is 10.6 Å². The number of urea groups is 1. The van der Waals surface area contributed by atoms with Crippen LogP contribution in [0.4, 0.5) is 16.2 Å². The van der Waals surface area contributed by atoms with Gasteiger partial charge in [-0.15, -0.1) is 6.07 Å². The van der Waals surface area contributed by atoms with Crippen molar-refractivity contribution in [2.45, 2.75) is 20.8 Å². The van der Waals surface area contributed by atoms with E-state index in [-0.39, 0.29) is 71.4 Å². The Bertz CT molecular complexity index is 598. The predicted molar refractivity (Wildman–Crippen MR) is 78.6 cm³/mol. The molecule has 21 heavy (non-hydrogen) atoms. The Kier molecular flexibility index (Phi) is 9.80. The van der Waals surface area contributed by atoms with Gasteiger partial charge in [-0.25, -0.2) is 4.79 Å².